The number of aryl methyl sites for hydroxylation is 1. The minimum atomic E-state index is -3.49. The number of nitrogens with zero attached hydrogens (tertiary/aromatic N) is 1. The first-order valence-electron chi connectivity index (χ1n) is 8.20. The van der Waals surface area contributed by atoms with Crippen molar-refractivity contribution in [3.8, 4) is 5.75 Å². The Kier molecular flexibility index (Phi) is 4.46. The van der Waals surface area contributed by atoms with Crippen molar-refractivity contribution in [2.75, 3.05) is 13.7 Å². The molecule has 2 aliphatic rings. The van der Waals surface area contributed by atoms with Gasteiger partial charge in [-0.15, -0.1) is 0 Å². The van der Waals surface area contributed by atoms with Crippen LogP contribution < -0.4 is 4.74 Å². The summed E-state index contributed by atoms with van der Waals surface area (Å²) in [5.74, 6) is 0.983. The van der Waals surface area contributed by atoms with E-state index in [0.29, 0.717) is 23.1 Å². The summed E-state index contributed by atoms with van der Waals surface area (Å²) in [6.07, 6.45) is 6.68. The summed E-state index contributed by atoms with van der Waals surface area (Å²) < 4.78 is 33.5. The van der Waals surface area contributed by atoms with Crippen molar-refractivity contribution in [2.45, 2.75) is 56.4 Å². The van der Waals surface area contributed by atoms with Crippen LogP contribution in [0.5, 0.6) is 5.75 Å². The molecule has 1 saturated heterocycles. The number of ether oxygens (including phenoxy) is 1. The minimum absolute atomic E-state index is 0.178. The molecule has 1 aromatic carbocycles. The minimum Gasteiger partial charge on any atom is -0.495 e. The number of hydrogen-bond donors (Lipinski definition) is 0. The maximum Gasteiger partial charge on any atom is 0.247 e. The summed E-state index contributed by atoms with van der Waals surface area (Å²) in [6, 6.07) is 5.56. The van der Waals surface area contributed by atoms with Crippen molar-refractivity contribution >= 4 is 10.0 Å². The van der Waals surface area contributed by atoms with Crippen LogP contribution in [-0.4, -0.2) is 32.4 Å². The maximum atomic E-state index is 13.2. The zero-order valence-electron chi connectivity index (χ0n) is 13.4. The molecule has 5 heteroatoms. The second kappa shape index (κ2) is 6.20. The number of benzene rings is 1. The van der Waals surface area contributed by atoms with Crippen LogP contribution in [0.2, 0.25) is 0 Å². The molecule has 0 radical (unpaired) electrons. The molecule has 0 amide bonds. The van der Waals surface area contributed by atoms with Crippen LogP contribution in [0.3, 0.4) is 0 Å². The van der Waals surface area contributed by atoms with Crippen LogP contribution >= 0.6 is 0 Å². The van der Waals surface area contributed by atoms with E-state index in [1.807, 2.05) is 13.0 Å². The number of methoxy groups -OCH3 is 1. The fourth-order valence-electron chi connectivity index (χ4n) is 3.99. The van der Waals surface area contributed by atoms with Crippen molar-refractivity contribution in [3.05, 3.63) is 23.8 Å². The van der Waals surface area contributed by atoms with Gasteiger partial charge in [-0.25, -0.2) is 8.42 Å². The van der Waals surface area contributed by atoms with Gasteiger partial charge >= 0.3 is 0 Å². The highest BCUT2D eigenvalue weighted by atomic mass is 32.2. The largest absolute Gasteiger partial charge is 0.495 e. The Labute approximate surface area is 133 Å². The molecule has 2 fully saturated rings. The fraction of sp³-hybridized carbons (Fsp3) is 0.647. The molecule has 22 heavy (non-hydrogen) atoms. The van der Waals surface area contributed by atoms with Crippen LogP contribution in [0.15, 0.2) is 23.1 Å². The molecule has 1 aliphatic carbocycles. The van der Waals surface area contributed by atoms with Gasteiger partial charge in [0.15, 0.2) is 0 Å². The highest BCUT2D eigenvalue weighted by molar-refractivity contribution is 7.89. The van der Waals surface area contributed by atoms with E-state index in [0.717, 1.165) is 24.8 Å². The average molecular weight is 323 g/mol. The number of rotatable bonds is 3. The Morgan fingerprint density at radius 2 is 1.86 bits per heavy atom. The quantitative estimate of drug-likeness (QED) is 0.857. The molecule has 1 aliphatic heterocycles. The number of hydrogen-bond acceptors (Lipinski definition) is 3. The molecule has 1 saturated carbocycles. The van der Waals surface area contributed by atoms with Gasteiger partial charge in [-0.05, 0) is 56.2 Å². The van der Waals surface area contributed by atoms with Gasteiger partial charge in [0.2, 0.25) is 10.0 Å². The molecule has 0 spiro atoms. The molecular formula is C17H25NO3S. The second-order valence-electron chi connectivity index (χ2n) is 6.52. The van der Waals surface area contributed by atoms with Gasteiger partial charge in [0, 0.05) is 12.6 Å². The molecular weight excluding hydrogens is 298 g/mol. The summed E-state index contributed by atoms with van der Waals surface area (Å²) >= 11 is 0. The third kappa shape index (κ3) is 2.76. The molecule has 0 unspecified atom stereocenters. The van der Waals surface area contributed by atoms with Crippen LogP contribution in [0.4, 0.5) is 0 Å². The zero-order valence-corrected chi connectivity index (χ0v) is 14.2. The van der Waals surface area contributed by atoms with E-state index in [-0.39, 0.29) is 6.04 Å². The van der Waals surface area contributed by atoms with E-state index in [4.69, 9.17) is 4.74 Å². The smallest absolute Gasteiger partial charge is 0.247 e. The van der Waals surface area contributed by atoms with Gasteiger partial charge in [-0.2, -0.15) is 4.31 Å². The predicted octanol–water partition coefficient (Wildman–Crippen LogP) is 3.35. The Balaban J connectivity index is 2.00. The normalized spacial score (nSPS) is 26.5. The first-order chi connectivity index (χ1) is 10.5. The van der Waals surface area contributed by atoms with Gasteiger partial charge in [0.05, 0.1) is 7.11 Å². The van der Waals surface area contributed by atoms with E-state index in [1.165, 1.54) is 26.4 Å². The standard InChI is InChI=1S/C17H25NO3S/c1-13-9-10-16(21-2)17(12-13)22(19,20)18-11-5-7-14-6-3-4-8-15(14)18/h9-10,12,14-15H,3-8,11H2,1-2H3/t14-,15+/m1/s1. The Morgan fingerprint density at radius 1 is 1.14 bits per heavy atom. The van der Waals surface area contributed by atoms with E-state index in [9.17, 15) is 8.42 Å². The predicted molar refractivity (Wildman–Crippen MR) is 86.6 cm³/mol. The van der Waals surface area contributed by atoms with Crippen molar-refractivity contribution < 1.29 is 13.2 Å². The van der Waals surface area contributed by atoms with E-state index < -0.39 is 10.0 Å². The van der Waals surface area contributed by atoms with E-state index in [2.05, 4.69) is 0 Å². The number of sulfonamides is 1. The molecule has 0 aromatic heterocycles. The molecule has 1 heterocycles. The van der Waals surface area contributed by atoms with Gasteiger partial charge in [0.25, 0.3) is 0 Å². The lowest BCUT2D eigenvalue weighted by Crippen LogP contribution is -2.49. The van der Waals surface area contributed by atoms with Gasteiger partial charge in [0.1, 0.15) is 10.6 Å². The summed E-state index contributed by atoms with van der Waals surface area (Å²) in [5.41, 5.74) is 0.941. The number of piperidine rings is 1. The third-order valence-corrected chi connectivity index (χ3v) is 7.04. The van der Waals surface area contributed by atoms with Gasteiger partial charge in [-0.3, -0.25) is 0 Å². The van der Waals surface area contributed by atoms with Crippen molar-refractivity contribution in [3.63, 3.8) is 0 Å². The Bertz CT molecular complexity index is 639. The Morgan fingerprint density at radius 3 is 2.64 bits per heavy atom. The summed E-state index contributed by atoms with van der Waals surface area (Å²) in [7, 11) is -1.96. The van der Waals surface area contributed by atoms with Crippen LogP contribution in [-0.2, 0) is 10.0 Å². The third-order valence-electron chi connectivity index (χ3n) is 5.10. The monoisotopic (exact) mass is 323 g/mol. The molecule has 0 N–H and O–H groups in total. The van der Waals surface area contributed by atoms with Crippen molar-refractivity contribution in [1.82, 2.24) is 4.31 Å². The molecule has 2 atom stereocenters. The number of fused-ring (bicyclic) bond motifs is 1. The maximum absolute atomic E-state index is 13.2. The average Bonchev–Trinajstić information content (AvgIpc) is 2.54. The molecule has 0 bridgehead atoms. The molecule has 122 valence electrons. The van der Waals surface area contributed by atoms with E-state index in [1.54, 1.807) is 16.4 Å². The van der Waals surface area contributed by atoms with Crippen molar-refractivity contribution in [1.29, 1.82) is 0 Å². The second-order valence-corrected chi connectivity index (χ2v) is 8.38. The fourth-order valence-corrected chi connectivity index (χ4v) is 5.99. The van der Waals surface area contributed by atoms with Crippen molar-refractivity contribution in [2.24, 2.45) is 5.92 Å². The van der Waals surface area contributed by atoms with Gasteiger partial charge in [-0.1, -0.05) is 18.9 Å². The summed E-state index contributed by atoms with van der Waals surface area (Å²) in [5, 5.41) is 0. The molecule has 1 aromatic rings. The SMILES string of the molecule is COc1ccc(C)cc1S(=O)(=O)N1CCC[C@H]2CCCC[C@@H]21. The van der Waals surface area contributed by atoms with Crippen LogP contribution in [0, 0.1) is 12.8 Å². The molecule has 3 rings (SSSR count). The zero-order chi connectivity index (χ0) is 15.7. The van der Waals surface area contributed by atoms with Gasteiger partial charge < -0.3 is 4.74 Å². The first-order valence-corrected chi connectivity index (χ1v) is 9.64. The highest BCUT2D eigenvalue weighted by Crippen LogP contribution is 2.39. The Hall–Kier alpha value is -1.07. The first kappa shape index (κ1) is 15.8. The summed E-state index contributed by atoms with van der Waals surface area (Å²) in [6.45, 7) is 2.55. The lowest BCUT2D eigenvalue weighted by Gasteiger charge is -2.43. The van der Waals surface area contributed by atoms with Crippen LogP contribution in [0.1, 0.15) is 44.1 Å². The lowest BCUT2D eigenvalue weighted by atomic mass is 9.79. The van der Waals surface area contributed by atoms with Crippen LogP contribution in [0.25, 0.3) is 0 Å². The lowest BCUT2D eigenvalue weighted by molar-refractivity contribution is 0.129. The molecule has 4 nitrogen and oxygen atoms in total. The van der Waals surface area contributed by atoms with E-state index >= 15 is 0 Å². The topological polar surface area (TPSA) is 46.6 Å². The summed E-state index contributed by atoms with van der Waals surface area (Å²) in [4.78, 5) is 0.321. The highest BCUT2D eigenvalue weighted by Gasteiger charge is 2.40.